The number of nitrogens with one attached hydrogen (secondary N) is 1. The van der Waals surface area contributed by atoms with Gasteiger partial charge in [-0.3, -0.25) is 4.79 Å². The van der Waals surface area contributed by atoms with Gasteiger partial charge in [-0.1, -0.05) is 0 Å². The molecule has 0 radical (unpaired) electrons. The lowest BCUT2D eigenvalue weighted by Gasteiger charge is -2.31. The Morgan fingerprint density at radius 3 is 2.72 bits per heavy atom. The quantitative estimate of drug-likeness (QED) is 0.457. The summed E-state index contributed by atoms with van der Waals surface area (Å²) in [5.74, 6) is -0.123. The van der Waals surface area contributed by atoms with E-state index in [2.05, 4.69) is 11.1 Å². The van der Waals surface area contributed by atoms with Crippen LogP contribution in [0.3, 0.4) is 0 Å². The second-order valence-electron chi connectivity index (χ2n) is 8.11. The maximum Gasteiger partial charge on any atom is 0.250 e. The Balaban J connectivity index is 1.54. The van der Waals surface area contributed by atoms with E-state index in [9.17, 15) is 13.2 Å². The van der Waals surface area contributed by atoms with Crippen LogP contribution in [0.1, 0.15) is 48.0 Å². The van der Waals surface area contributed by atoms with E-state index in [1.807, 2.05) is 36.0 Å². The van der Waals surface area contributed by atoms with Crippen LogP contribution in [0.15, 0.2) is 35.2 Å². The Bertz CT molecular complexity index is 1180. The number of piperidine rings is 1. The number of primary amides is 1. The zero-order valence-corrected chi connectivity index (χ0v) is 19.8. The van der Waals surface area contributed by atoms with E-state index >= 15 is 0 Å². The molecule has 1 aliphatic rings. The first-order valence-corrected chi connectivity index (χ1v) is 13.5. The Hall–Kier alpha value is -2.20. The van der Waals surface area contributed by atoms with Gasteiger partial charge in [0.15, 0.2) is 0 Å². The molecule has 3 heterocycles. The number of fused-ring (bicyclic) bond motifs is 1. The number of aromatic nitrogens is 1. The van der Waals surface area contributed by atoms with Gasteiger partial charge in [-0.25, -0.2) is 12.7 Å². The molecule has 1 fully saturated rings. The molecule has 0 spiro atoms. The van der Waals surface area contributed by atoms with E-state index in [4.69, 9.17) is 10.5 Å². The third-order valence-corrected chi connectivity index (χ3v) is 8.76. The third kappa shape index (κ3) is 4.76. The molecule has 1 aliphatic heterocycles. The van der Waals surface area contributed by atoms with Crippen molar-refractivity contribution in [1.82, 2.24) is 9.29 Å². The van der Waals surface area contributed by atoms with Gasteiger partial charge in [0.05, 0.1) is 16.8 Å². The molecule has 1 amide bonds. The smallest absolute Gasteiger partial charge is 0.250 e. The molecule has 2 aromatic heterocycles. The number of amides is 1. The first-order chi connectivity index (χ1) is 15.4. The predicted molar refractivity (Wildman–Crippen MR) is 129 cm³/mol. The van der Waals surface area contributed by atoms with Crippen molar-refractivity contribution < 1.29 is 17.9 Å². The van der Waals surface area contributed by atoms with Gasteiger partial charge in [0.1, 0.15) is 0 Å². The highest BCUT2D eigenvalue weighted by Crippen LogP contribution is 2.37. The second kappa shape index (κ2) is 9.74. The van der Waals surface area contributed by atoms with Crippen molar-refractivity contribution in [2.75, 3.05) is 32.1 Å². The van der Waals surface area contributed by atoms with E-state index in [-0.39, 0.29) is 11.7 Å². The summed E-state index contributed by atoms with van der Waals surface area (Å²) in [5, 5.41) is 5.04. The van der Waals surface area contributed by atoms with Crippen LogP contribution in [0.25, 0.3) is 22.0 Å². The minimum atomic E-state index is -3.27. The first kappa shape index (κ1) is 23.0. The summed E-state index contributed by atoms with van der Waals surface area (Å²) in [6.07, 6.45) is 3.95. The largest absolute Gasteiger partial charge is 0.382 e. The number of hydrogen-bond donors (Lipinski definition) is 2. The normalized spacial score (nSPS) is 16.0. The Morgan fingerprint density at radius 2 is 2.06 bits per heavy atom. The Labute approximate surface area is 192 Å². The average molecular weight is 476 g/mol. The summed E-state index contributed by atoms with van der Waals surface area (Å²) in [4.78, 5) is 15.4. The van der Waals surface area contributed by atoms with Crippen LogP contribution in [0, 0.1) is 0 Å². The van der Waals surface area contributed by atoms with Crippen LogP contribution in [-0.4, -0.2) is 55.7 Å². The molecule has 0 unspecified atom stereocenters. The lowest BCUT2D eigenvalue weighted by Crippen LogP contribution is -2.39. The van der Waals surface area contributed by atoms with Gasteiger partial charge < -0.3 is 15.5 Å². The summed E-state index contributed by atoms with van der Waals surface area (Å²) >= 11 is 1.60. The summed E-state index contributed by atoms with van der Waals surface area (Å²) in [5.41, 5.74) is 10.0. The number of hydrogen-bond acceptors (Lipinski definition) is 5. The van der Waals surface area contributed by atoms with Gasteiger partial charge in [-0.15, -0.1) is 0 Å². The Morgan fingerprint density at radius 1 is 1.28 bits per heavy atom. The van der Waals surface area contributed by atoms with E-state index < -0.39 is 15.9 Å². The second-order valence-corrected chi connectivity index (χ2v) is 11.0. The van der Waals surface area contributed by atoms with E-state index in [0.29, 0.717) is 38.3 Å². The van der Waals surface area contributed by atoms with Crippen molar-refractivity contribution >= 4 is 38.2 Å². The lowest BCUT2D eigenvalue weighted by atomic mass is 9.88. The van der Waals surface area contributed by atoms with Crippen molar-refractivity contribution in [3.8, 4) is 11.1 Å². The van der Waals surface area contributed by atoms with Gasteiger partial charge in [-0.05, 0) is 77.8 Å². The van der Waals surface area contributed by atoms with Gasteiger partial charge >= 0.3 is 0 Å². The number of carbonyl (C=O) groups is 1. The molecule has 0 saturated carbocycles. The molecule has 0 bridgehead atoms. The fourth-order valence-electron chi connectivity index (χ4n) is 4.44. The molecule has 1 saturated heterocycles. The molecule has 172 valence electrons. The predicted octanol–water partition coefficient (Wildman–Crippen LogP) is 3.93. The zero-order valence-electron chi connectivity index (χ0n) is 18.2. The van der Waals surface area contributed by atoms with Crippen LogP contribution >= 0.6 is 11.3 Å². The molecule has 3 aromatic rings. The summed E-state index contributed by atoms with van der Waals surface area (Å²) < 4.78 is 32.2. The standard InChI is InChI=1S/C23H29N3O4S2/c1-2-30-9-3-11-32(28,29)26-7-4-16(5-8-26)21-14-25-22-19(21)12-18(13-20(22)23(24)27)17-6-10-31-15-17/h6,10,12-16,25H,2-5,7-9,11H2,1H3,(H2,24,27). The van der Waals surface area contributed by atoms with Crippen LogP contribution in [0.5, 0.6) is 0 Å². The molecule has 4 rings (SSSR count). The molecule has 0 atom stereocenters. The molecular formula is C23H29N3O4S2. The van der Waals surface area contributed by atoms with E-state index in [1.165, 1.54) is 0 Å². The van der Waals surface area contributed by atoms with Crippen molar-refractivity contribution in [3.05, 3.63) is 46.3 Å². The summed E-state index contributed by atoms with van der Waals surface area (Å²) in [6, 6.07) is 5.97. The van der Waals surface area contributed by atoms with Crippen molar-refractivity contribution in [1.29, 1.82) is 0 Å². The maximum atomic E-state index is 12.7. The topological polar surface area (TPSA) is 105 Å². The summed E-state index contributed by atoms with van der Waals surface area (Å²) in [6.45, 7) is 3.97. The Kier molecular flexibility index (Phi) is 6.99. The number of ether oxygens (including phenoxy) is 1. The number of benzene rings is 1. The van der Waals surface area contributed by atoms with Gasteiger partial charge in [0.2, 0.25) is 10.0 Å². The highest BCUT2D eigenvalue weighted by molar-refractivity contribution is 7.89. The molecule has 3 N–H and O–H groups in total. The number of H-pyrrole nitrogens is 1. The molecule has 9 heteroatoms. The first-order valence-electron chi connectivity index (χ1n) is 10.9. The number of carbonyl (C=O) groups excluding carboxylic acids is 1. The average Bonchev–Trinajstić information content (AvgIpc) is 3.46. The van der Waals surface area contributed by atoms with E-state index in [0.717, 1.165) is 40.4 Å². The molecule has 7 nitrogen and oxygen atoms in total. The van der Waals surface area contributed by atoms with E-state index in [1.54, 1.807) is 15.6 Å². The number of sulfonamides is 1. The fourth-order valence-corrected chi connectivity index (χ4v) is 6.62. The SMILES string of the molecule is CCOCCCS(=O)(=O)N1CCC(c2c[nH]c3c(C(N)=O)cc(-c4ccsc4)cc23)CC1. The zero-order chi connectivity index (χ0) is 22.7. The highest BCUT2D eigenvalue weighted by atomic mass is 32.2. The van der Waals surface area contributed by atoms with Crippen molar-refractivity contribution in [3.63, 3.8) is 0 Å². The third-order valence-electron chi connectivity index (χ3n) is 6.12. The molecule has 0 aliphatic carbocycles. The van der Waals surface area contributed by atoms with Crippen LogP contribution in [-0.2, 0) is 14.8 Å². The van der Waals surface area contributed by atoms with Gasteiger partial charge in [0.25, 0.3) is 5.91 Å². The number of thiophene rings is 1. The van der Waals surface area contributed by atoms with Crippen molar-refractivity contribution in [2.24, 2.45) is 5.73 Å². The highest BCUT2D eigenvalue weighted by Gasteiger charge is 2.30. The van der Waals surface area contributed by atoms with Gasteiger partial charge in [0, 0.05) is 37.9 Å². The lowest BCUT2D eigenvalue weighted by molar-refractivity contribution is 0.100. The number of rotatable bonds is 9. The molecule has 1 aromatic carbocycles. The van der Waals surface area contributed by atoms with Crippen LogP contribution < -0.4 is 5.73 Å². The van der Waals surface area contributed by atoms with Crippen LogP contribution in [0.4, 0.5) is 0 Å². The minimum Gasteiger partial charge on any atom is -0.382 e. The van der Waals surface area contributed by atoms with Gasteiger partial charge in [-0.2, -0.15) is 11.3 Å². The minimum absolute atomic E-state index is 0.122. The van der Waals surface area contributed by atoms with Crippen molar-refractivity contribution in [2.45, 2.75) is 32.1 Å². The fraction of sp³-hybridized carbons (Fsp3) is 0.435. The maximum absolute atomic E-state index is 12.7. The number of nitrogens with two attached hydrogens (primary N) is 1. The molecular weight excluding hydrogens is 446 g/mol. The summed E-state index contributed by atoms with van der Waals surface area (Å²) in [7, 11) is -3.27. The van der Waals surface area contributed by atoms with Crippen LogP contribution in [0.2, 0.25) is 0 Å². The number of aromatic amines is 1. The molecule has 32 heavy (non-hydrogen) atoms. The monoisotopic (exact) mass is 475 g/mol. The number of nitrogens with zero attached hydrogens (tertiary/aromatic N) is 1.